The van der Waals surface area contributed by atoms with Crippen molar-refractivity contribution in [2.45, 2.75) is 29.8 Å². The second-order valence-electron chi connectivity index (χ2n) is 5.19. The van der Waals surface area contributed by atoms with E-state index in [0.717, 1.165) is 0 Å². The molecule has 1 fully saturated rings. The van der Waals surface area contributed by atoms with Gasteiger partial charge in [-0.05, 0) is 24.5 Å². The van der Waals surface area contributed by atoms with E-state index in [0.29, 0.717) is 0 Å². The summed E-state index contributed by atoms with van der Waals surface area (Å²) in [5, 5.41) is 7.49. The maximum atomic E-state index is 13.0. The zero-order chi connectivity index (χ0) is 16.5. The van der Waals surface area contributed by atoms with Gasteiger partial charge in [0, 0.05) is 6.54 Å². The standard InChI is InChI=1S/C13H15F3N2O3S/c14-13(15,16)8-5-6-18-12(19)10(7-8)9-3-1-2-4-11(9)22(17,20)21/h1-4,8,10H,5-7H2,(H,18,19)(H2,17,20,21). The first-order valence-corrected chi connectivity index (χ1v) is 8.11. The molecule has 1 saturated heterocycles. The van der Waals surface area contributed by atoms with Crippen LogP contribution in [0.3, 0.4) is 0 Å². The maximum Gasteiger partial charge on any atom is 0.391 e. The lowest BCUT2D eigenvalue weighted by atomic mass is 9.87. The Bertz CT molecular complexity index is 673. The van der Waals surface area contributed by atoms with Gasteiger partial charge in [0.1, 0.15) is 0 Å². The Balaban J connectivity index is 2.47. The summed E-state index contributed by atoms with van der Waals surface area (Å²) in [4.78, 5) is 11.7. The molecule has 0 saturated carbocycles. The number of nitrogens with two attached hydrogens (primary N) is 1. The zero-order valence-corrected chi connectivity index (χ0v) is 12.2. The van der Waals surface area contributed by atoms with E-state index in [1.54, 1.807) is 0 Å². The second kappa shape index (κ2) is 5.88. The minimum Gasteiger partial charge on any atom is -0.356 e. The zero-order valence-electron chi connectivity index (χ0n) is 11.4. The molecule has 2 atom stereocenters. The molecule has 0 spiro atoms. The first-order chi connectivity index (χ1) is 10.1. The summed E-state index contributed by atoms with van der Waals surface area (Å²) < 4.78 is 62.2. The highest BCUT2D eigenvalue weighted by Gasteiger charge is 2.44. The third-order valence-corrected chi connectivity index (χ3v) is 4.68. The van der Waals surface area contributed by atoms with Crippen LogP contribution in [0.1, 0.15) is 24.3 Å². The fourth-order valence-corrected chi connectivity index (χ4v) is 3.40. The van der Waals surface area contributed by atoms with Gasteiger partial charge in [0.25, 0.3) is 0 Å². The van der Waals surface area contributed by atoms with E-state index in [1.807, 2.05) is 0 Å². The van der Waals surface area contributed by atoms with Gasteiger partial charge in [0.2, 0.25) is 15.9 Å². The van der Waals surface area contributed by atoms with Crippen molar-refractivity contribution in [3.8, 4) is 0 Å². The van der Waals surface area contributed by atoms with Gasteiger partial charge >= 0.3 is 6.18 Å². The van der Waals surface area contributed by atoms with E-state index in [1.165, 1.54) is 24.3 Å². The molecule has 0 radical (unpaired) electrons. The molecular weight excluding hydrogens is 321 g/mol. The minimum atomic E-state index is -4.44. The van der Waals surface area contributed by atoms with Crippen molar-refractivity contribution in [2.24, 2.45) is 11.1 Å². The van der Waals surface area contributed by atoms with E-state index in [9.17, 15) is 26.4 Å². The molecule has 9 heteroatoms. The first-order valence-electron chi connectivity index (χ1n) is 6.57. The van der Waals surface area contributed by atoms with Crippen molar-refractivity contribution in [1.82, 2.24) is 5.32 Å². The number of primary sulfonamides is 1. The topological polar surface area (TPSA) is 89.3 Å². The molecule has 5 nitrogen and oxygen atoms in total. The SMILES string of the molecule is NS(=O)(=O)c1ccccc1C1CC(C(F)(F)F)CCNC1=O. The molecule has 122 valence electrons. The fourth-order valence-electron chi connectivity index (χ4n) is 2.60. The number of carbonyl (C=O) groups excluding carboxylic acids is 1. The number of hydrogen-bond acceptors (Lipinski definition) is 3. The van der Waals surface area contributed by atoms with Crippen LogP contribution >= 0.6 is 0 Å². The molecule has 1 heterocycles. The number of nitrogens with one attached hydrogen (secondary N) is 1. The number of hydrogen-bond donors (Lipinski definition) is 2. The highest BCUT2D eigenvalue weighted by Crippen LogP contribution is 2.39. The number of benzene rings is 1. The van der Waals surface area contributed by atoms with E-state index in [4.69, 9.17) is 5.14 Å². The Morgan fingerprint density at radius 2 is 1.86 bits per heavy atom. The molecular formula is C13H15F3N2O3S. The molecule has 1 amide bonds. The Labute approximate surface area is 125 Å². The van der Waals surface area contributed by atoms with E-state index in [-0.39, 0.29) is 23.4 Å². The Kier molecular flexibility index (Phi) is 4.48. The van der Waals surface area contributed by atoms with Crippen LogP contribution in [-0.4, -0.2) is 27.0 Å². The van der Waals surface area contributed by atoms with Crippen LogP contribution in [0, 0.1) is 5.92 Å². The van der Waals surface area contributed by atoms with Crippen molar-refractivity contribution in [3.63, 3.8) is 0 Å². The molecule has 2 unspecified atom stereocenters. The number of alkyl halides is 3. The normalized spacial score (nSPS) is 23.7. The van der Waals surface area contributed by atoms with Crippen LogP contribution < -0.4 is 10.5 Å². The van der Waals surface area contributed by atoms with Crippen LogP contribution in [0.15, 0.2) is 29.2 Å². The molecule has 1 aliphatic heterocycles. The summed E-state index contributed by atoms with van der Waals surface area (Å²) in [7, 11) is -4.13. The molecule has 2 rings (SSSR count). The van der Waals surface area contributed by atoms with Gasteiger partial charge in [-0.15, -0.1) is 0 Å². The van der Waals surface area contributed by atoms with Gasteiger partial charge < -0.3 is 5.32 Å². The second-order valence-corrected chi connectivity index (χ2v) is 6.72. The number of carbonyl (C=O) groups is 1. The number of amides is 1. The Morgan fingerprint density at radius 1 is 1.23 bits per heavy atom. The lowest BCUT2D eigenvalue weighted by Crippen LogP contribution is -2.29. The van der Waals surface area contributed by atoms with E-state index >= 15 is 0 Å². The number of rotatable bonds is 2. The van der Waals surface area contributed by atoms with Crippen molar-refractivity contribution < 1.29 is 26.4 Å². The van der Waals surface area contributed by atoms with Gasteiger partial charge in [-0.2, -0.15) is 13.2 Å². The van der Waals surface area contributed by atoms with Crippen LogP contribution in [0.4, 0.5) is 13.2 Å². The highest BCUT2D eigenvalue weighted by molar-refractivity contribution is 7.89. The molecule has 1 aromatic rings. The monoisotopic (exact) mass is 336 g/mol. The van der Waals surface area contributed by atoms with Gasteiger partial charge in [-0.3, -0.25) is 4.79 Å². The molecule has 3 N–H and O–H groups in total. The van der Waals surface area contributed by atoms with Crippen molar-refractivity contribution >= 4 is 15.9 Å². The van der Waals surface area contributed by atoms with Crippen LogP contribution in [0.25, 0.3) is 0 Å². The van der Waals surface area contributed by atoms with Crippen LogP contribution in [0.5, 0.6) is 0 Å². The van der Waals surface area contributed by atoms with Crippen molar-refractivity contribution in [3.05, 3.63) is 29.8 Å². The predicted molar refractivity (Wildman–Crippen MR) is 72.3 cm³/mol. The summed E-state index contributed by atoms with van der Waals surface area (Å²) in [6, 6.07) is 5.37. The third-order valence-electron chi connectivity index (χ3n) is 3.69. The van der Waals surface area contributed by atoms with Gasteiger partial charge in [0.05, 0.1) is 16.7 Å². The Morgan fingerprint density at radius 3 is 2.45 bits per heavy atom. The van der Waals surface area contributed by atoms with Crippen LogP contribution in [0.2, 0.25) is 0 Å². The largest absolute Gasteiger partial charge is 0.391 e. The van der Waals surface area contributed by atoms with Gasteiger partial charge in [0.15, 0.2) is 0 Å². The lowest BCUT2D eigenvalue weighted by molar-refractivity contribution is -0.177. The van der Waals surface area contributed by atoms with Crippen LogP contribution in [-0.2, 0) is 14.8 Å². The van der Waals surface area contributed by atoms with Gasteiger partial charge in [-0.25, -0.2) is 13.6 Å². The predicted octanol–water partition coefficient (Wildman–Crippen LogP) is 1.51. The lowest BCUT2D eigenvalue weighted by Gasteiger charge is -2.22. The fraction of sp³-hybridized carbons (Fsp3) is 0.462. The average molecular weight is 336 g/mol. The Hall–Kier alpha value is -1.61. The number of halogens is 3. The van der Waals surface area contributed by atoms with E-state index < -0.39 is 40.4 Å². The minimum absolute atomic E-state index is 0.00125. The molecule has 22 heavy (non-hydrogen) atoms. The summed E-state index contributed by atoms with van der Waals surface area (Å²) in [6.45, 7) is -0.100. The molecule has 1 aromatic carbocycles. The van der Waals surface area contributed by atoms with Gasteiger partial charge in [-0.1, -0.05) is 18.2 Å². The average Bonchev–Trinajstić information content (AvgIpc) is 2.59. The summed E-state index contributed by atoms with van der Waals surface area (Å²) in [6.07, 6.45) is -5.17. The van der Waals surface area contributed by atoms with E-state index in [2.05, 4.69) is 5.32 Å². The summed E-state index contributed by atoms with van der Waals surface area (Å²) in [5.41, 5.74) is -0.00125. The molecule has 0 aromatic heterocycles. The first kappa shape index (κ1) is 16.8. The quantitative estimate of drug-likeness (QED) is 0.858. The third kappa shape index (κ3) is 3.58. The maximum absolute atomic E-state index is 13.0. The molecule has 1 aliphatic rings. The summed E-state index contributed by atoms with van der Waals surface area (Å²) >= 11 is 0. The summed E-state index contributed by atoms with van der Waals surface area (Å²) in [5.74, 6) is -3.50. The van der Waals surface area contributed by atoms with Crippen molar-refractivity contribution in [1.29, 1.82) is 0 Å². The number of sulfonamides is 1. The smallest absolute Gasteiger partial charge is 0.356 e. The van der Waals surface area contributed by atoms with Crippen molar-refractivity contribution in [2.75, 3.05) is 6.54 Å². The molecule has 0 bridgehead atoms. The highest BCUT2D eigenvalue weighted by atomic mass is 32.2. The molecule has 0 aliphatic carbocycles.